The van der Waals surface area contributed by atoms with Gasteiger partial charge in [0.25, 0.3) is 5.91 Å². The first-order chi connectivity index (χ1) is 11.2. The van der Waals surface area contributed by atoms with E-state index in [2.05, 4.69) is 5.32 Å². The second-order valence-electron chi connectivity index (χ2n) is 5.69. The number of carbonyl (C=O) groups is 2. The highest BCUT2D eigenvalue weighted by molar-refractivity contribution is 5.97. The number of hydrogen-bond acceptors (Lipinski definition) is 3. The predicted molar refractivity (Wildman–Crippen MR) is 80.7 cm³/mol. The number of hydrogen-bond donors (Lipinski definition) is 1. The fraction of sp³-hybridized carbons (Fsp3) is 0.500. The van der Waals surface area contributed by atoms with E-state index in [1.807, 2.05) is 0 Å². The summed E-state index contributed by atoms with van der Waals surface area (Å²) in [6.07, 6.45) is -4.62. The molecule has 1 heterocycles. The Morgan fingerprint density at radius 2 is 1.92 bits per heavy atom. The minimum absolute atomic E-state index is 0.0673. The number of benzene rings is 1. The molecule has 1 aromatic rings. The highest BCUT2D eigenvalue weighted by atomic mass is 19.4. The van der Waals surface area contributed by atoms with Gasteiger partial charge < -0.3 is 15.0 Å². The van der Waals surface area contributed by atoms with Crippen LogP contribution in [0, 0.1) is 0 Å². The summed E-state index contributed by atoms with van der Waals surface area (Å²) in [7, 11) is 1.35. The van der Waals surface area contributed by atoms with Crippen LogP contribution in [0.15, 0.2) is 24.3 Å². The van der Waals surface area contributed by atoms with E-state index in [0.717, 1.165) is 4.90 Å². The quantitative estimate of drug-likeness (QED) is 0.916. The van der Waals surface area contributed by atoms with E-state index in [9.17, 15) is 22.8 Å². The maximum atomic E-state index is 13.3. The van der Waals surface area contributed by atoms with E-state index in [1.54, 1.807) is 12.1 Å². The number of nitrogens with zero attached hydrogens (tertiary/aromatic N) is 1. The number of rotatable bonds is 3. The van der Waals surface area contributed by atoms with Crippen LogP contribution in [0.1, 0.15) is 30.1 Å². The van der Waals surface area contributed by atoms with Crippen LogP contribution in [-0.2, 0) is 4.79 Å². The molecule has 24 heavy (non-hydrogen) atoms. The van der Waals surface area contributed by atoms with Gasteiger partial charge in [-0.05, 0) is 25.0 Å². The zero-order chi connectivity index (χ0) is 17.9. The minimum atomic E-state index is -4.53. The summed E-state index contributed by atoms with van der Waals surface area (Å²) < 4.78 is 45.1. The first-order valence-corrected chi connectivity index (χ1v) is 7.52. The van der Waals surface area contributed by atoms with Crippen molar-refractivity contribution in [3.05, 3.63) is 29.8 Å². The molecular weight excluding hydrogens is 325 g/mol. The Labute approximate surface area is 137 Å². The Morgan fingerprint density at radius 3 is 2.50 bits per heavy atom. The lowest BCUT2D eigenvalue weighted by Crippen LogP contribution is -2.58. The zero-order valence-electron chi connectivity index (χ0n) is 13.4. The molecule has 2 rings (SSSR count). The number of para-hydroxylation sites is 1. The monoisotopic (exact) mass is 344 g/mol. The summed E-state index contributed by atoms with van der Waals surface area (Å²) in [6, 6.07) is 3.77. The fourth-order valence-corrected chi connectivity index (χ4v) is 2.92. The highest BCUT2D eigenvalue weighted by Gasteiger charge is 2.48. The molecule has 1 N–H and O–H groups in total. The number of amides is 2. The van der Waals surface area contributed by atoms with Crippen LogP contribution in [-0.4, -0.2) is 48.6 Å². The Bertz CT molecular complexity index is 619. The highest BCUT2D eigenvalue weighted by Crippen LogP contribution is 2.34. The van der Waals surface area contributed by atoms with Crippen molar-refractivity contribution in [1.29, 1.82) is 0 Å². The summed E-state index contributed by atoms with van der Waals surface area (Å²) >= 11 is 0. The largest absolute Gasteiger partial charge is 0.496 e. The van der Waals surface area contributed by atoms with E-state index in [4.69, 9.17) is 4.74 Å². The lowest BCUT2D eigenvalue weighted by molar-refractivity contribution is -0.184. The predicted octanol–water partition coefficient (Wildman–Crippen LogP) is 2.37. The Morgan fingerprint density at radius 1 is 1.25 bits per heavy atom. The summed E-state index contributed by atoms with van der Waals surface area (Å²) in [5.74, 6) is -0.884. The van der Waals surface area contributed by atoms with E-state index in [1.165, 1.54) is 26.2 Å². The lowest BCUT2D eigenvalue weighted by Gasteiger charge is -2.40. The van der Waals surface area contributed by atoms with Crippen molar-refractivity contribution in [3.8, 4) is 5.75 Å². The second kappa shape index (κ2) is 7.11. The molecule has 0 saturated carbocycles. The third-order valence-electron chi connectivity index (χ3n) is 3.97. The van der Waals surface area contributed by atoms with E-state index in [-0.39, 0.29) is 36.6 Å². The van der Waals surface area contributed by atoms with Crippen molar-refractivity contribution in [2.24, 2.45) is 0 Å². The standard InChI is InChI=1S/C16H19F3N2O3/c1-10(22)20-11-7-8-14(16(17,18)19)21(9-11)15(23)12-5-3-4-6-13(12)24-2/h3-6,11,14H,7-9H2,1-2H3,(H,20,22)/t11-,14-/m1/s1. The molecule has 1 fully saturated rings. The van der Waals surface area contributed by atoms with Crippen LogP contribution in [0.25, 0.3) is 0 Å². The first kappa shape index (κ1) is 18.1. The van der Waals surface area contributed by atoms with Gasteiger partial charge in [-0.15, -0.1) is 0 Å². The van der Waals surface area contributed by atoms with Gasteiger partial charge in [-0.2, -0.15) is 13.2 Å². The van der Waals surface area contributed by atoms with Crippen LogP contribution in [0.4, 0.5) is 13.2 Å². The van der Waals surface area contributed by atoms with Crippen LogP contribution in [0.5, 0.6) is 5.75 Å². The molecule has 0 unspecified atom stereocenters. The van der Waals surface area contributed by atoms with Gasteiger partial charge in [0.2, 0.25) is 5.91 Å². The van der Waals surface area contributed by atoms with Gasteiger partial charge in [-0.25, -0.2) is 0 Å². The zero-order valence-corrected chi connectivity index (χ0v) is 13.4. The molecule has 132 valence electrons. The summed E-state index contributed by atoms with van der Waals surface area (Å²) in [6.45, 7) is 1.10. The molecule has 1 saturated heterocycles. The van der Waals surface area contributed by atoms with Crippen LogP contribution in [0.3, 0.4) is 0 Å². The number of ether oxygens (including phenoxy) is 1. The molecule has 0 bridgehead atoms. The van der Waals surface area contributed by atoms with Crippen molar-refractivity contribution < 1.29 is 27.5 Å². The van der Waals surface area contributed by atoms with Gasteiger partial charge in [0.05, 0.1) is 12.7 Å². The molecule has 0 spiro atoms. The molecule has 2 amide bonds. The van der Waals surface area contributed by atoms with Gasteiger partial charge in [0, 0.05) is 19.5 Å². The number of likely N-dealkylation sites (tertiary alicyclic amines) is 1. The lowest BCUT2D eigenvalue weighted by atomic mass is 9.96. The average molecular weight is 344 g/mol. The molecule has 8 heteroatoms. The fourth-order valence-electron chi connectivity index (χ4n) is 2.92. The second-order valence-corrected chi connectivity index (χ2v) is 5.69. The number of carbonyl (C=O) groups excluding carboxylic acids is 2. The molecular formula is C16H19F3N2O3. The molecule has 2 atom stereocenters. The summed E-state index contributed by atoms with van der Waals surface area (Å²) in [4.78, 5) is 24.7. The number of alkyl halides is 3. The van der Waals surface area contributed by atoms with Crippen molar-refractivity contribution in [3.63, 3.8) is 0 Å². The maximum absolute atomic E-state index is 13.3. The van der Waals surface area contributed by atoms with Crippen molar-refractivity contribution in [2.75, 3.05) is 13.7 Å². The third-order valence-corrected chi connectivity index (χ3v) is 3.97. The maximum Gasteiger partial charge on any atom is 0.408 e. The van der Waals surface area contributed by atoms with Gasteiger partial charge in [0.1, 0.15) is 11.8 Å². The number of nitrogens with one attached hydrogen (secondary N) is 1. The van der Waals surface area contributed by atoms with Crippen LogP contribution in [0.2, 0.25) is 0 Å². The normalized spacial score (nSPS) is 21.3. The van der Waals surface area contributed by atoms with Gasteiger partial charge in [-0.3, -0.25) is 9.59 Å². The summed E-state index contributed by atoms with van der Waals surface area (Å²) in [5.41, 5.74) is 0.0673. The smallest absolute Gasteiger partial charge is 0.408 e. The molecule has 5 nitrogen and oxygen atoms in total. The topological polar surface area (TPSA) is 58.6 Å². The minimum Gasteiger partial charge on any atom is -0.496 e. The van der Waals surface area contributed by atoms with Crippen molar-refractivity contribution >= 4 is 11.8 Å². The molecule has 0 aliphatic carbocycles. The Kier molecular flexibility index (Phi) is 5.36. The molecule has 1 aliphatic heterocycles. The molecule has 0 radical (unpaired) electrons. The van der Waals surface area contributed by atoms with Crippen LogP contribution < -0.4 is 10.1 Å². The van der Waals surface area contributed by atoms with Crippen molar-refractivity contribution in [2.45, 2.75) is 38.0 Å². The molecule has 0 aromatic heterocycles. The molecule has 1 aliphatic rings. The van der Waals surface area contributed by atoms with Crippen molar-refractivity contribution in [1.82, 2.24) is 10.2 Å². The third kappa shape index (κ3) is 3.98. The first-order valence-electron chi connectivity index (χ1n) is 7.52. The van der Waals surface area contributed by atoms with Gasteiger partial charge in [0.15, 0.2) is 0 Å². The Hall–Kier alpha value is -2.25. The van der Waals surface area contributed by atoms with Crippen LogP contribution >= 0.6 is 0 Å². The SMILES string of the molecule is COc1ccccc1C(=O)N1C[C@H](NC(C)=O)CC[C@@H]1C(F)(F)F. The summed E-state index contributed by atoms with van der Waals surface area (Å²) in [5, 5.41) is 2.59. The molecule has 1 aromatic carbocycles. The van der Waals surface area contributed by atoms with E-state index < -0.39 is 24.2 Å². The average Bonchev–Trinajstić information content (AvgIpc) is 2.52. The number of piperidine rings is 1. The van der Waals surface area contributed by atoms with Gasteiger partial charge in [-0.1, -0.05) is 12.1 Å². The van der Waals surface area contributed by atoms with E-state index >= 15 is 0 Å². The van der Waals surface area contributed by atoms with Gasteiger partial charge >= 0.3 is 6.18 Å². The number of methoxy groups -OCH3 is 1. The van der Waals surface area contributed by atoms with E-state index in [0.29, 0.717) is 0 Å². The number of halogens is 3. The Balaban J connectivity index is 2.32.